The molecule has 9 nitrogen and oxygen atoms in total. The molecule has 3 aromatic rings. The quantitative estimate of drug-likeness (QED) is 0.405. The van der Waals surface area contributed by atoms with Gasteiger partial charge in [-0.25, -0.2) is 9.22 Å². The molecule has 0 fully saturated rings. The fourth-order valence-electron chi connectivity index (χ4n) is 2.05. The van der Waals surface area contributed by atoms with Gasteiger partial charge in [0.15, 0.2) is 5.00 Å². The first-order valence-electron chi connectivity index (χ1n) is 6.66. The van der Waals surface area contributed by atoms with E-state index in [0.29, 0.717) is 27.3 Å². The Labute approximate surface area is 146 Å². The van der Waals surface area contributed by atoms with E-state index < -0.39 is 20.8 Å². The molecule has 126 valence electrons. The van der Waals surface area contributed by atoms with Crippen molar-refractivity contribution in [2.24, 2.45) is 10.2 Å². The molecule has 0 atom stereocenters. The Morgan fingerprint density at radius 1 is 1.32 bits per heavy atom. The minimum Gasteiger partial charge on any atom is -0.506 e. The SMILES string of the molecule is [C-]#[N+]c1c(C)ncc2c(N=Nc3ccc(O)c(S(=O)(=O)O)c3)snc12. The molecule has 0 aliphatic carbocycles. The van der Waals surface area contributed by atoms with Gasteiger partial charge < -0.3 is 5.11 Å². The summed E-state index contributed by atoms with van der Waals surface area (Å²) in [5.41, 5.74) is 1.49. The van der Waals surface area contributed by atoms with E-state index in [-0.39, 0.29) is 5.69 Å². The molecule has 0 saturated carbocycles. The summed E-state index contributed by atoms with van der Waals surface area (Å²) in [6.45, 7) is 8.91. The summed E-state index contributed by atoms with van der Waals surface area (Å²) < 4.78 is 35.6. The number of aromatic hydroxyl groups is 1. The number of hydrogen-bond acceptors (Lipinski definition) is 8. The molecule has 0 amide bonds. The monoisotopic (exact) mass is 375 g/mol. The van der Waals surface area contributed by atoms with Crippen LogP contribution in [0.2, 0.25) is 0 Å². The zero-order valence-electron chi connectivity index (χ0n) is 12.6. The van der Waals surface area contributed by atoms with Crippen LogP contribution in [0.1, 0.15) is 5.69 Å². The van der Waals surface area contributed by atoms with Gasteiger partial charge in [-0.3, -0.25) is 9.54 Å². The number of rotatable bonds is 3. The van der Waals surface area contributed by atoms with Gasteiger partial charge in [-0.1, -0.05) is 0 Å². The smallest absolute Gasteiger partial charge is 0.298 e. The second-order valence-corrected chi connectivity index (χ2v) is 7.02. The lowest BCUT2D eigenvalue weighted by atomic mass is 10.2. The number of hydrogen-bond donors (Lipinski definition) is 2. The van der Waals surface area contributed by atoms with Crippen LogP contribution in [0.5, 0.6) is 5.75 Å². The standard InChI is InChI=1S/C14H9N5O4S2/c1-7-12(15-2)13-9(6-16-7)14(24-19-13)18-17-8-3-4-10(20)11(5-8)25(21,22)23/h3-6,20H,1H3,(H,21,22,23). The topological polar surface area (TPSA) is 129 Å². The van der Waals surface area contributed by atoms with Crippen LogP contribution in [0.15, 0.2) is 39.5 Å². The number of phenols is 1. The summed E-state index contributed by atoms with van der Waals surface area (Å²) in [5, 5.41) is 18.3. The van der Waals surface area contributed by atoms with Crippen LogP contribution in [-0.4, -0.2) is 27.4 Å². The molecule has 0 bridgehead atoms. The lowest BCUT2D eigenvalue weighted by Crippen LogP contribution is -1.97. The van der Waals surface area contributed by atoms with Crippen LogP contribution >= 0.6 is 11.5 Å². The molecule has 0 radical (unpaired) electrons. The highest BCUT2D eigenvalue weighted by atomic mass is 32.2. The van der Waals surface area contributed by atoms with Crippen molar-refractivity contribution in [3.63, 3.8) is 0 Å². The van der Waals surface area contributed by atoms with Crippen molar-refractivity contribution in [2.45, 2.75) is 11.8 Å². The van der Waals surface area contributed by atoms with Crippen molar-refractivity contribution in [3.05, 3.63) is 41.5 Å². The van der Waals surface area contributed by atoms with Gasteiger partial charge >= 0.3 is 0 Å². The van der Waals surface area contributed by atoms with Crippen LogP contribution in [0.25, 0.3) is 15.7 Å². The molecule has 3 rings (SSSR count). The molecule has 2 aromatic heterocycles. The van der Waals surface area contributed by atoms with Gasteiger partial charge in [0.25, 0.3) is 10.1 Å². The number of aryl methyl sites for hydroxylation is 1. The molecule has 0 unspecified atom stereocenters. The maximum Gasteiger partial charge on any atom is 0.298 e. The first-order valence-corrected chi connectivity index (χ1v) is 8.87. The number of aromatic nitrogens is 2. The predicted molar refractivity (Wildman–Crippen MR) is 90.5 cm³/mol. The Morgan fingerprint density at radius 2 is 2.08 bits per heavy atom. The molecule has 0 aliphatic heterocycles. The van der Waals surface area contributed by atoms with Crippen molar-refractivity contribution in [1.29, 1.82) is 0 Å². The lowest BCUT2D eigenvalue weighted by Gasteiger charge is -2.01. The van der Waals surface area contributed by atoms with E-state index in [0.717, 1.165) is 23.7 Å². The molecule has 2 N–H and O–H groups in total. The third-order valence-electron chi connectivity index (χ3n) is 3.25. The third-order valence-corrected chi connectivity index (χ3v) is 4.88. The van der Waals surface area contributed by atoms with Crippen molar-refractivity contribution in [2.75, 3.05) is 0 Å². The Kier molecular flexibility index (Phi) is 4.17. The first-order chi connectivity index (χ1) is 11.8. The average Bonchev–Trinajstić information content (AvgIpc) is 2.96. The zero-order chi connectivity index (χ0) is 18.2. The maximum atomic E-state index is 11.2. The van der Waals surface area contributed by atoms with Gasteiger partial charge in [0, 0.05) is 17.3 Å². The van der Waals surface area contributed by atoms with E-state index >= 15 is 0 Å². The van der Waals surface area contributed by atoms with Crippen molar-refractivity contribution < 1.29 is 18.1 Å². The van der Waals surface area contributed by atoms with Gasteiger partial charge in [0.05, 0.1) is 17.8 Å². The normalized spacial score (nSPS) is 11.9. The van der Waals surface area contributed by atoms with Crippen LogP contribution in [0.4, 0.5) is 16.4 Å². The first kappa shape index (κ1) is 16.9. The Balaban J connectivity index is 2.04. The van der Waals surface area contributed by atoms with Crippen molar-refractivity contribution >= 4 is 48.9 Å². The van der Waals surface area contributed by atoms with Crippen LogP contribution in [-0.2, 0) is 10.1 Å². The number of phenolic OH excluding ortho intramolecular Hbond substituents is 1. The molecule has 0 spiro atoms. The van der Waals surface area contributed by atoms with Gasteiger partial charge in [-0.2, -0.15) is 8.42 Å². The van der Waals surface area contributed by atoms with Gasteiger partial charge in [0.1, 0.15) is 10.6 Å². The highest BCUT2D eigenvalue weighted by molar-refractivity contribution is 7.86. The second kappa shape index (κ2) is 6.17. The summed E-state index contributed by atoms with van der Waals surface area (Å²) in [6, 6.07) is 3.41. The Morgan fingerprint density at radius 3 is 2.76 bits per heavy atom. The van der Waals surface area contributed by atoms with Gasteiger partial charge in [0.2, 0.25) is 5.69 Å². The van der Waals surface area contributed by atoms with Crippen molar-refractivity contribution in [1.82, 2.24) is 9.36 Å². The summed E-state index contributed by atoms with van der Waals surface area (Å²) in [4.78, 5) is 6.88. The van der Waals surface area contributed by atoms with E-state index in [4.69, 9.17) is 11.1 Å². The number of pyridine rings is 1. The fraction of sp³-hybridized carbons (Fsp3) is 0.0714. The Bertz CT molecular complexity index is 1160. The lowest BCUT2D eigenvalue weighted by molar-refractivity contribution is 0.443. The second-order valence-electron chi connectivity index (χ2n) is 4.88. The minimum absolute atomic E-state index is 0.109. The van der Waals surface area contributed by atoms with Gasteiger partial charge in [-0.15, -0.1) is 10.2 Å². The van der Waals surface area contributed by atoms with Crippen molar-refractivity contribution in [3.8, 4) is 5.75 Å². The minimum atomic E-state index is -4.58. The molecule has 25 heavy (non-hydrogen) atoms. The number of nitrogens with zero attached hydrogens (tertiary/aromatic N) is 5. The zero-order valence-corrected chi connectivity index (χ0v) is 14.2. The molecular weight excluding hydrogens is 366 g/mol. The summed E-state index contributed by atoms with van der Waals surface area (Å²) in [5.74, 6) is -0.592. The molecule has 0 aliphatic rings. The van der Waals surface area contributed by atoms with E-state index in [9.17, 15) is 13.5 Å². The molecule has 2 heterocycles. The molecule has 0 saturated heterocycles. The highest BCUT2D eigenvalue weighted by Gasteiger charge is 2.16. The van der Waals surface area contributed by atoms with Crippen LogP contribution < -0.4 is 0 Å². The van der Waals surface area contributed by atoms with E-state index in [1.165, 1.54) is 12.3 Å². The molecular formula is C14H9N5O4S2. The van der Waals surface area contributed by atoms with E-state index in [1.54, 1.807) is 6.92 Å². The number of benzene rings is 1. The predicted octanol–water partition coefficient (Wildman–Crippen LogP) is 3.92. The van der Waals surface area contributed by atoms with E-state index in [2.05, 4.69) is 24.4 Å². The summed E-state index contributed by atoms with van der Waals surface area (Å²) in [7, 11) is -4.58. The number of fused-ring (bicyclic) bond motifs is 1. The summed E-state index contributed by atoms with van der Waals surface area (Å²) in [6.07, 6.45) is 1.54. The molecule has 1 aromatic carbocycles. The molecule has 11 heteroatoms. The van der Waals surface area contributed by atoms with E-state index in [1.807, 2.05) is 0 Å². The van der Waals surface area contributed by atoms with Crippen LogP contribution in [0, 0.1) is 13.5 Å². The maximum absolute atomic E-state index is 11.2. The van der Waals surface area contributed by atoms with Gasteiger partial charge in [-0.05, 0) is 36.7 Å². The largest absolute Gasteiger partial charge is 0.506 e. The van der Waals surface area contributed by atoms with Crippen LogP contribution in [0.3, 0.4) is 0 Å². The Hall–Kier alpha value is -2.94. The summed E-state index contributed by atoms with van der Waals surface area (Å²) >= 11 is 1.02. The third kappa shape index (κ3) is 3.18. The number of azo groups is 1. The fourth-order valence-corrected chi connectivity index (χ4v) is 3.34. The highest BCUT2D eigenvalue weighted by Crippen LogP contribution is 2.37. The average molecular weight is 375 g/mol.